The Morgan fingerprint density at radius 2 is 1.67 bits per heavy atom. The molecule has 1 aliphatic heterocycles. The summed E-state index contributed by atoms with van der Waals surface area (Å²) in [7, 11) is 0. The minimum atomic E-state index is -0.289. The second-order valence-corrected chi connectivity index (χ2v) is 10.7. The summed E-state index contributed by atoms with van der Waals surface area (Å²) in [6.45, 7) is 4.94. The van der Waals surface area contributed by atoms with Gasteiger partial charge in [0.25, 0.3) is 0 Å². The number of rotatable bonds is 5. The lowest BCUT2D eigenvalue weighted by Gasteiger charge is -2.56. The van der Waals surface area contributed by atoms with E-state index in [1.807, 2.05) is 11.8 Å². The van der Waals surface area contributed by atoms with Crippen molar-refractivity contribution in [3.05, 3.63) is 35.4 Å². The van der Waals surface area contributed by atoms with E-state index < -0.39 is 0 Å². The van der Waals surface area contributed by atoms with E-state index in [-0.39, 0.29) is 23.4 Å². The van der Waals surface area contributed by atoms with E-state index in [0.29, 0.717) is 5.91 Å². The third-order valence-corrected chi connectivity index (χ3v) is 8.55. The normalized spacial score (nSPS) is 35.5. The van der Waals surface area contributed by atoms with Crippen molar-refractivity contribution in [2.24, 2.45) is 23.2 Å². The van der Waals surface area contributed by atoms with Gasteiger partial charge in [-0.2, -0.15) is 0 Å². The average molecular weight is 409 g/mol. The van der Waals surface area contributed by atoms with Crippen LogP contribution in [0.25, 0.3) is 0 Å². The second-order valence-electron chi connectivity index (χ2n) is 10.7. The molecule has 1 saturated heterocycles. The van der Waals surface area contributed by atoms with Crippen LogP contribution < -0.4 is 5.32 Å². The molecule has 4 heteroatoms. The monoisotopic (exact) mass is 408 g/mol. The molecule has 4 bridgehead atoms. The molecule has 1 N–H and O–H groups in total. The van der Waals surface area contributed by atoms with Crippen LogP contribution >= 0.6 is 0 Å². The van der Waals surface area contributed by atoms with E-state index in [1.165, 1.54) is 24.8 Å². The highest BCUT2D eigenvalue weighted by Gasteiger charge is 2.56. The molecule has 6 rings (SSSR count). The van der Waals surface area contributed by atoms with Crippen LogP contribution in [-0.4, -0.2) is 29.3 Å². The van der Waals surface area contributed by atoms with Crippen molar-refractivity contribution in [1.82, 2.24) is 10.2 Å². The van der Waals surface area contributed by atoms with E-state index >= 15 is 0 Å². The fourth-order valence-corrected chi connectivity index (χ4v) is 7.39. The maximum Gasteiger partial charge on any atom is 0.243 e. The van der Waals surface area contributed by atoms with Gasteiger partial charge in [0.1, 0.15) is 6.04 Å². The lowest BCUT2D eigenvalue weighted by atomic mass is 9.49. The fraction of sp³-hybridized carbons (Fsp3) is 0.692. The lowest BCUT2D eigenvalue weighted by Crippen LogP contribution is -2.57. The van der Waals surface area contributed by atoms with Crippen LogP contribution in [0.5, 0.6) is 0 Å². The van der Waals surface area contributed by atoms with Crippen LogP contribution in [0.2, 0.25) is 0 Å². The molecule has 0 aromatic heterocycles. The number of hydrogen-bond donors (Lipinski definition) is 1. The molecular formula is C26H36N2O2. The topological polar surface area (TPSA) is 49.4 Å². The van der Waals surface area contributed by atoms with Gasteiger partial charge in [-0.25, -0.2) is 0 Å². The average Bonchev–Trinajstić information content (AvgIpc) is 3.22. The molecule has 5 fully saturated rings. The van der Waals surface area contributed by atoms with Crippen LogP contribution in [0.15, 0.2) is 24.3 Å². The number of nitrogens with zero attached hydrogens (tertiary/aromatic N) is 1. The number of nitrogens with one attached hydrogen (secondary N) is 1. The zero-order valence-electron chi connectivity index (χ0n) is 18.5. The van der Waals surface area contributed by atoms with Gasteiger partial charge in [0.2, 0.25) is 11.8 Å². The number of aryl methyl sites for hydroxylation is 1. The number of amides is 2. The zero-order valence-corrected chi connectivity index (χ0v) is 18.5. The summed E-state index contributed by atoms with van der Waals surface area (Å²) in [5.74, 6) is 2.58. The van der Waals surface area contributed by atoms with E-state index in [0.717, 1.165) is 68.4 Å². The number of benzene rings is 1. The largest absolute Gasteiger partial charge is 0.348 e. The lowest BCUT2D eigenvalue weighted by molar-refractivity contribution is -0.160. The number of likely N-dealkylation sites (tertiary alicyclic amines) is 1. The third kappa shape index (κ3) is 3.46. The molecule has 0 radical (unpaired) electrons. The summed E-state index contributed by atoms with van der Waals surface area (Å²) in [6.07, 6.45) is 9.99. The van der Waals surface area contributed by atoms with Crippen molar-refractivity contribution in [3.63, 3.8) is 0 Å². The molecule has 1 aromatic carbocycles. The number of hydrogen-bond acceptors (Lipinski definition) is 2. The first-order chi connectivity index (χ1) is 14.5. The standard InChI is InChI=1S/C26H36N2O2/c1-3-18-6-8-22(9-7-18)17(2)27-24(29)23-5-4-10-28(23)25(30)26-14-19-11-20(15-26)13-21(12-19)16-26/h6-9,17,19-21,23H,3-5,10-16H2,1-2H3,(H,27,29). The Labute approximate surface area is 180 Å². The first kappa shape index (κ1) is 20.1. The molecular weight excluding hydrogens is 372 g/mol. The highest BCUT2D eigenvalue weighted by Crippen LogP contribution is 2.60. The molecule has 162 valence electrons. The summed E-state index contributed by atoms with van der Waals surface area (Å²) in [6, 6.07) is 8.16. The molecule has 1 heterocycles. The Balaban J connectivity index is 1.27. The van der Waals surface area contributed by atoms with Gasteiger partial charge in [-0.05, 0) is 93.6 Å². The molecule has 1 aromatic rings. The zero-order chi connectivity index (χ0) is 20.9. The Kier molecular flexibility index (Phi) is 5.15. The summed E-state index contributed by atoms with van der Waals surface area (Å²) in [4.78, 5) is 28.9. The Morgan fingerprint density at radius 3 is 2.23 bits per heavy atom. The maximum absolute atomic E-state index is 13.8. The number of carbonyl (C=O) groups is 2. The summed E-state index contributed by atoms with van der Waals surface area (Å²) >= 11 is 0. The predicted molar refractivity (Wildman–Crippen MR) is 118 cm³/mol. The SMILES string of the molecule is CCc1ccc(C(C)NC(=O)C2CCCN2C(=O)C23CC4CC(CC(C4)C2)C3)cc1. The van der Waals surface area contributed by atoms with Crippen molar-refractivity contribution < 1.29 is 9.59 Å². The van der Waals surface area contributed by atoms with Gasteiger partial charge in [0.05, 0.1) is 11.5 Å². The van der Waals surface area contributed by atoms with Gasteiger partial charge in [0.15, 0.2) is 0 Å². The van der Waals surface area contributed by atoms with E-state index in [2.05, 4.69) is 36.5 Å². The number of carbonyl (C=O) groups excluding carboxylic acids is 2. The minimum absolute atomic E-state index is 0.0256. The molecule has 2 unspecified atom stereocenters. The van der Waals surface area contributed by atoms with Crippen LogP contribution in [0.4, 0.5) is 0 Å². The molecule has 0 spiro atoms. The predicted octanol–water partition coefficient (Wildman–Crippen LogP) is 4.63. The molecule has 4 nitrogen and oxygen atoms in total. The van der Waals surface area contributed by atoms with Gasteiger partial charge in [0, 0.05) is 6.54 Å². The van der Waals surface area contributed by atoms with Gasteiger partial charge in [-0.1, -0.05) is 31.2 Å². The van der Waals surface area contributed by atoms with Crippen LogP contribution in [0, 0.1) is 23.2 Å². The van der Waals surface area contributed by atoms with Gasteiger partial charge < -0.3 is 10.2 Å². The van der Waals surface area contributed by atoms with Crippen molar-refractivity contribution in [2.45, 2.75) is 83.7 Å². The third-order valence-electron chi connectivity index (χ3n) is 8.55. The smallest absolute Gasteiger partial charge is 0.243 e. The second kappa shape index (κ2) is 7.69. The van der Waals surface area contributed by atoms with Gasteiger partial charge in [-0.3, -0.25) is 9.59 Å². The highest BCUT2D eigenvalue weighted by molar-refractivity contribution is 5.91. The molecule has 5 aliphatic rings. The molecule has 2 amide bonds. The van der Waals surface area contributed by atoms with E-state index in [9.17, 15) is 9.59 Å². The minimum Gasteiger partial charge on any atom is -0.348 e. The fourth-order valence-electron chi connectivity index (χ4n) is 7.39. The Bertz CT molecular complexity index is 780. The van der Waals surface area contributed by atoms with Crippen LogP contribution in [-0.2, 0) is 16.0 Å². The van der Waals surface area contributed by atoms with Crippen LogP contribution in [0.1, 0.15) is 82.4 Å². The van der Waals surface area contributed by atoms with Gasteiger partial charge >= 0.3 is 0 Å². The van der Waals surface area contributed by atoms with Crippen molar-refractivity contribution in [2.75, 3.05) is 6.54 Å². The first-order valence-corrected chi connectivity index (χ1v) is 12.2. The van der Waals surface area contributed by atoms with E-state index in [1.54, 1.807) is 0 Å². The van der Waals surface area contributed by atoms with Crippen LogP contribution in [0.3, 0.4) is 0 Å². The van der Waals surface area contributed by atoms with Gasteiger partial charge in [-0.15, -0.1) is 0 Å². The molecule has 2 atom stereocenters. The Hall–Kier alpha value is -1.84. The highest BCUT2D eigenvalue weighted by atomic mass is 16.2. The maximum atomic E-state index is 13.8. The summed E-state index contributed by atoms with van der Waals surface area (Å²) < 4.78 is 0. The Morgan fingerprint density at radius 1 is 1.07 bits per heavy atom. The molecule has 4 aliphatic carbocycles. The molecule has 30 heavy (non-hydrogen) atoms. The first-order valence-electron chi connectivity index (χ1n) is 12.2. The van der Waals surface area contributed by atoms with Crippen molar-refractivity contribution >= 4 is 11.8 Å². The summed E-state index contributed by atoms with van der Waals surface area (Å²) in [5.41, 5.74) is 2.28. The van der Waals surface area contributed by atoms with E-state index in [4.69, 9.17) is 0 Å². The quantitative estimate of drug-likeness (QED) is 0.772. The summed E-state index contributed by atoms with van der Waals surface area (Å²) in [5, 5.41) is 3.20. The molecule has 4 saturated carbocycles. The van der Waals surface area contributed by atoms with Crippen molar-refractivity contribution in [3.8, 4) is 0 Å². The van der Waals surface area contributed by atoms with Crippen molar-refractivity contribution in [1.29, 1.82) is 0 Å².